The molecule has 8 amide bonds. The minimum atomic E-state index is -1.20. The predicted molar refractivity (Wildman–Crippen MR) is 330 cm³/mol. The molecule has 4 aromatic rings. The van der Waals surface area contributed by atoms with E-state index in [4.69, 9.17) is 4.74 Å². The number of fused-ring (bicyclic) bond motifs is 3. The van der Waals surface area contributed by atoms with Crippen LogP contribution in [0.5, 0.6) is 0 Å². The minimum absolute atomic E-state index is 0.00562. The van der Waals surface area contributed by atoms with E-state index in [9.17, 15) is 38.4 Å². The lowest BCUT2D eigenvalue weighted by Gasteiger charge is -2.42. The second-order valence-corrected chi connectivity index (χ2v) is 26.3. The summed E-state index contributed by atoms with van der Waals surface area (Å²) in [6.45, 7) is 12.4. The Labute approximate surface area is 508 Å². The van der Waals surface area contributed by atoms with Gasteiger partial charge in [-0.3, -0.25) is 43.2 Å². The monoisotopic (exact) mass is 1200 g/mol. The van der Waals surface area contributed by atoms with Crippen molar-refractivity contribution < 1.29 is 47.9 Å². The second-order valence-electron chi connectivity index (χ2n) is 24.7. The van der Waals surface area contributed by atoms with Crippen LogP contribution in [0, 0.1) is 5.41 Å². The van der Waals surface area contributed by atoms with Crippen molar-refractivity contribution in [3.63, 3.8) is 0 Å². The number of nitrogens with zero attached hydrogens (tertiary/aromatic N) is 2. The molecule has 9 unspecified atom stereocenters. The molecular weight excluding hydrogens is 1110 g/mol. The van der Waals surface area contributed by atoms with Crippen LogP contribution in [0.3, 0.4) is 0 Å². The largest absolute Gasteiger partial charge is 0.468 e. The van der Waals surface area contributed by atoms with Gasteiger partial charge in [0.25, 0.3) is 11.8 Å². The molecule has 0 radical (unpaired) electrons. The standard InChI is InChI=1S/C65H84N10O10S/c1-37(66-8)56(77)72-54(64(3,4)5)62(83)75-35-46(33-52(75)61(82)71-50-24-16-20-40-18-12-14-22-48(40)50)69-59(80)42-27-25-41(26-28-42)58(79)68-45-30-29-43-32-51(60(81)70-49-23-15-19-39-17-11-13-21-47(39)49)74(34-44(43)31-45)63(84)55(73-57(78)38(2)67-9)65(6,7)86-36-53(76)85-10/h11-14,17-18,21-22,25-31,37-38,46,49-52,54-55,66-67H,15-16,19-20,23-24,32-36H2,1-10H3,(H,68,79)(H,69,80)(H,70,81)(H,71,82)(H,72,77)(H,73,78). The number of thioether (sulfide) groups is 1. The van der Waals surface area contributed by atoms with Gasteiger partial charge in [-0.15, -0.1) is 11.8 Å². The number of rotatable bonds is 20. The van der Waals surface area contributed by atoms with Crippen molar-refractivity contribution in [2.75, 3.05) is 38.8 Å². The van der Waals surface area contributed by atoms with Crippen molar-refractivity contribution in [3.05, 3.63) is 136 Å². The normalized spacial score (nSPS) is 20.5. The highest BCUT2D eigenvalue weighted by molar-refractivity contribution is 8.01. The van der Waals surface area contributed by atoms with Crippen LogP contribution in [0.25, 0.3) is 0 Å². The number of carbonyl (C=O) groups is 9. The summed E-state index contributed by atoms with van der Waals surface area (Å²) >= 11 is 1.15. The first kappa shape index (κ1) is 64.4. The molecule has 2 heterocycles. The fourth-order valence-corrected chi connectivity index (χ4v) is 12.8. The van der Waals surface area contributed by atoms with Crippen LogP contribution in [-0.2, 0) is 64.1 Å². The van der Waals surface area contributed by atoms with E-state index in [0.717, 1.165) is 78.1 Å². The maximum Gasteiger partial charge on any atom is 0.315 e. The van der Waals surface area contributed by atoms with E-state index >= 15 is 4.79 Å². The van der Waals surface area contributed by atoms with E-state index in [1.807, 2.05) is 63.2 Å². The summed E-state index contributed by atoms with van der Waals surface area (Å²) in [4.78, 5) is 129. The average molecular weight is 1200 g/mol. The van der Waals surface area contributed by atoms with Gasteiger partial charge < -0.3 is 57.1 Å². The smallest absolute Gasteiger partial charge is 0.315 e. The first-order valence-electron chi connectivity index (χ1n) is 29.8. The third kappa shape index (κ3) is 15.1. The van der Waals surface area contributed by atoms with Gasteiger partial charge in [0.15, 0.2) is 0 Å². The maximum absolute atomic E-state index is 15.3. The number of esters is 1. The van der Waals surface area contributed by atoms with Crippen LogP contribution in [0.2, 0.25) is 0 Å². The second kappa shape index (κ2) is 27.8. The lowest BCUT2D eigenvalue weighted by molar-refractivity contribution is -0.145. The van der Waals surface area contributed by atoms with Crippen molar-refractivity contribution >= 4 is 70.7 Å². The van der Waals surface area contributed by atoms with E-state index in [0.29, 0.717) is 11.3 Å². The number of likely N-dealkylation sites (N-methyl/N-ethyl adjacent to an activating group) is 2. The Morgan fingerprint density at radius 2 is 1.14 bits per heavy atom. The third-order valence-electron chi connectivity index (χ3n) is 17.3. The lowest BCUT2D eigenvalue weighted by Crippen LogP contribution is -2.63. The molecule has 1 saturated heterocycles. The highest BCUT2D eigenvalue weighted by Crippen LogP contribution is 2.36. The Balaban J connectivity index is 0.993. The number of anilines is 1. The molecule has 0 aromatic heterocycles. The zero-order valence-electron chi connectivity index (χ0n) is 51.0. The molecule has 2 aliphatic heterocycles. The van der Waals surface area contributed by atoms with Crippen molar-refractivity contribution in [1.82, 2.24) is 47.0 Å². The molecule has 1 fully saturated rings. The molecule has 8 rings (SSSR count). The van der Waals surface area contributed by atoms with E-state index in [-0.39, 0.29) is 72.6 Å². The SMILES string of the molecule is CNC(C)C(=O)NC(C(=O)N1CC(NC(=O)c2ccc(C(=O)Nc3ccc4c(c3)CN(C(=O)C(NC(=O)C(C)NC)C(C)(C)SCC(=O)OC)C(C(=O)NC3CCCc5ccccc53)C4)cc2)CC1C(=O)NC1CCCc2ccccc21)C(C)(C)C. The Morgan fingerprint density at radius 3 is 1.69 bits per heavy atom. The number of methoxy groups -OCH3 is 1. The Morgan fingerprint density at radius 1 is 0.616 bits per heavy atom. The molecule has 0 bridgehead atoms. The highest BCUT2D eigenvalue weighted by atomic mass is 32.2. The van der Waals surface area contributed by atoms with Crippen molar-refractivity contribution in [2.45, 2.75) is 166 Å². The van der Waals surface area contributed by atoms with Gasteiger partial charge in [-0.2, -0.15) is 0 Å². The number of nitrogens with one attached hydrogen (secondary N) is 8. The van der Waals surface area contributed by atoms with E-state index in [1.54, 1.807) is 53.9 Å². The summed E-state index contributed by atoms with van der Waals surface area (Å²) in [5.41, 5.74) is 5.97. The van der Waals surface area contributed by atoms with Gasteiger partial charge in [0, 0.05) is 47.1 Å². The van der Waals surface area contributed by atoms with E-state index in [1.165, 1.54) is 41.2 Å². The molecule has 20 nitrogen and oxygen atoms in total. The summed E-state index contributed by atoms with van der Waals surface area (Å²) in [5, 5.41) is 24.1. The number of likely N-dealkylation sites (tertiary alicyclic amines) is 1. The first-order valence-corrected chi connectivity index (χ1v) is 30.8. The number of aryl methyl sites for hydroxylation is 2. The van der Waals surface area contributed by atoms with Gasteiger partial charge in [0.05, 0.1) is 37.0 Å². The van der Waals surface area contributed by atoms with Crippen molar-refractivity contribution in [3.8, 4) is 0 Å². The lowest BCUT2D eigenvalue weighted by atomic mass is 9.85. The van der Waals surface area contributed by atoms with Gasteiger partial charge in [-0.25, -0.2) is 0 Å². The first-order chi connectivity index (χ1) is 40.9. The Kier molecular flexibility index (Phi) is 20.8. The summed E-state index contributed by atoms with van der Waals surface area (Å²) in [6.07, 6.45) is 5.25. The number of benzene rings is 4. The zero-order chi connectivity index (χ0) is 62.2. The van der Waals surface area contributed by atoms with Gasteiger partial charge in [-0.1, -0.05) is 75.4 Å². The molecule has 4 aromatic carbocycles. The van der Waals surface area contributed by atoms with Crippen LogP contribution < -0.4 is 42.5 Å². The molecule has 86 heavy (non-hydrogen) atoms. The van der Waals surface area contributed by atoms with Gasteiger partial charge in [0.2, 0.25) is 35.4 Å². The van der Waals surface area contributed by atoms with Gasteiger partial charge in [-0.05, 0) is 162 Å². The Bertz CT molecular complexity index is 3200. The molecular formula is C65H84N10O10S. The predicted octanol–water partition coefficient (Wildman–Crippen LogP) is 5.20. The highest BCUT2D eigenvalue weighted by Gasteiger charge is 2.48. The van der Waals surface area contributed by atoms with Crippen molar-refractivity contribution in [1.29, 1.82) is 0 Å². The third-order valence-corrected chi connectivity index (χ3v) is 18.6. The van der Waals surface area contributed by atoms with Crippen molar-refractivity contribution in [2.24, 2.45) is 5.41 Å². The molecule has 9 atom stereocenters. The van der Waals surface area contributed by atoms with Gasteiger partial charge in [0.1, 0.15) is 24.2 Å². The quantitative estimate of drug-likeness (QED) is 0.0530. The fourth-order valence-electron chi connectivity index (χ4n) is 11.8. The number of hydrogen-bond donors (Lipinski definition) is 8. The topological polar surface area (TPSA) is 266 Å². The minimum Gasteiger partial charge on any atom is -0.468 e. The van der Waals surface area contributed by atoms with Crippen LogP contribution in [0.15, 0.2) is 91.0 Å². The summed E-state index contributed by atoms with van der Waals surface area (Å²) in [6, 6.07) is 20.8. The molecule has 0 saturated carbocycles. The van der Waals surface area contributed by atoms with Crippen LogP contribution in [-0.4, -0.2) is 144 Å². The van der Waals surface area contributed by atoms with Crippen LogP contribution in [0.4, 0.5) is 5.69 Å². The average Bonchev–Trinajstić information content (AvgIpc) is 3.16. The number of carbonyl (C=O) groups excluding carboxylic acids is 9. The zero-order valence-corrected chi connectivity index (χ0v) is 51.8. The molecule has 8 N–H and O–H groups in total. The fraction of sp³-hybridized carbons (Fsp3) is 0.492. The summed E-state index contributed by atoms with van der Waals surface area (Å²) in [5.74, 6) is -4.07. The summed E-state index contributed by atoms with van der Waals surface area (Å²) < 4.78 is 3.84. The van der Waals surface area contributed by atoms with E-state index in [2.05, 4.69) is 54.7 Å². The number of hydrogen-bond acceptors (Lipinski definition) is 13. The Hall–Kier alpha value is -7.62. The van der Waals surface area contributed by atoms with Crippen LogP contribution >= 0.6 is 11.8 Å². The molecule has 0 spiro atoms. The van der Waals surface area contributed by atoms with E-state index < -0.39 is 88.0 Å². The molecule has 460 valence electrons. The maximum atomic E-state index is 15.3. The van der Waals surface area contributed by atoms with Gasteiger partial charge >= 0.3 is 5.97 Å². The molecule has 21 heteroatoms. The summed E-state index contributed by atoms with van der Waals surface area (Å²) in [7, 11) is 4.55. The molecule has 4 aliphatic rings. The number of amides is 8. The van der Waals surface area contributed by atoms with Crippen LogP contribution in [0.1, 0.15) is 147 Å². The number of ether oxygens (including phenoxy) is 1. The molecule has 2 aliphatic carbocycles.